The number of carbonyl (C=O) groups is 2. The molecule has 4 nitrogen and oxygen atoms in total. The van der Waals surface area contributed by atoms with Crippen LogP contribution >= 0.6 is 0 Å². The van der Waals surface area contributed by atoms with Crippen LogP contribution in [0.25, 0.3) is 0 Å². The van der Waals surface area contributed by atoms with Crippen LogP contribution in [0.5, 0.6) is 0 Å². The molecule has 1 N–H and O–H groups in total. The largest absolute Gasteiger partial charge is 0.354 e. The van der Waals surface area contributed by atoms with E-state index in [1.807, 2.05) is 6.92 Å². The number of nitrogens with one attached hydrogen (secondary N) is 1. The van der Waals surface area contributed by atoms with Crippen molar-refractivity contribution in [3.63, 3.8) is 0 Å². The van der Waals surface area contributed by atoms with Crippen LogP contribution in [0.15, 0.2) is 18.2 Å². The number of halogens is 2. The van der Waals surface area contributed by atoms with Crippen LogP contribution in [0.1, 0.15) is 33.1 Å². The number of carbonyl (C=O) groups excluding carboxylic acids is 2. The summed E-state index contributed by atoms with van der Waals surface area (Å²) in [6.07, 6.45) is 2.16. The lowest BCUT2D eigenvalue weighted by molar-refractivity contribution is -0.121. The first-order valence-electron chi connectivity index (χ1n) is 6.95. The van der Waals surface area contributed by atoms with Crippen molar-refractivity contribution in [1.29, 1.82) is 0 Å². The summed E-state index contributed by atoms with van der Waals surface area (Å²) in [5.41, 5.74) is 0.00621. The van der Waals surface area contributed by atoms with Crippen LogP contribution in [0.4, 0.5) is 14.5 Å². The summed E-state index contributed by atoms with van der Waals surface area (Å²) in [5, 5.41) is 2.67. The van der Waals surface area contributed by atoms with E-state index >= 15 is 0 Å². The fourth-order valence-corrected chi connectivity index (χ4v) is 1.88. The van der Waals surface area contributed by atoms with Crippen LogP contribution in [-0.2, 0) is 9.59 Å². The monoisotopic (exact) mass is 298 g/mol. The molecule has 0 aliphatic rings. The Labute approximate surface area is 123 Å². The Morgan fingerprint density at radius 1 is 1.29 bits per heavy atom. The highest BCUT2D eigenvalue weighted by Crippen LogP contribution is 2.20. The highest BCUT2D eigenvalue weighted by atomic mass is 19.1. The number of hydrogen-bond donors (Lipinski definition) is 1. The molecule has 0 unspecified atom stereocenters. The van der Waals surface area contributed by atoms with Crippen molar-refractivity contribution < 1.29 is 18.4 Å². The van der Waals surface area contributed by atoms with Gasteiger partial charge in [0.2, 0.25) is 11.8 Å². The van der Waals surface area contributed by atoms with Crippen molar-refractivity contribution in [2.24, 2.45) is 0 Å². The molecule has 0 aliphatic heterocycles. The standard InChI is InChI=1S/C15H20F2N2O2/c1-3-4-5-15(21)18-8-9-19(11(2)20)14-7-6-12(16)10-13(14)17/h6-7,10H,3-5,8-9H2,1-2H3,(H,18,21). The van der Waals surface area contributed by atoms with Crippen molar-refractivity contribution in [3.05, 3.63) is 29.8 Å². The predicted octanol–water partition coefficient (Wildman–Crippen LogP) is 2.62. The van der Waals surface area contributed by atoms with E-state index in [4.69, 9.17) is 0 Å². The molecule has 6 heteroatoms. The molecule has 0 heterocycles. The van der Waals surface area contributed by atoms with E-state index in [2.05, 4.69) is 5.32 Å². The second-order valence-electron chi connectivity index (χ2n) is 4.72. The zero-order valence-electron chi connectivity index (χ0n) is 12.3. The molecule has 0 atom stereocenters. The van der Waals surface area contributed by atoms with Gasteiger partial charge in [0.15, 0.2) is 0 Å². The van der Waals surface area contributed by atoms with Gasteiger partial charge in [-0.25, -0.2) is 8.78 Å². The third-order valence-corrected chi connectivity index (χ3v) is 3.00. The summed E-state index contributed by atoms with van der Waals surface area (Å²) in [6.45, 7) is 3.64. The van der Waals surface area contributed by atoms with Gasteiger partial charge in [-0.1, -0.05) is 13.3 Å². The molecule has 116 valence electrons. The first-order chi connectivity index (χ1) is 9.95. The zero-order chi connectivity index (χ0) is 15.8. The van der Waals surface area contributed by atoms with Gasteiger partial charge in [0.25, 0.3) is 0 Å². The van der Waals surface area contributed by atoms with Crippen LogP contribution in [0.3, 0.4) is 0 Å². The van der Waals surface area contributed by atoms with Gasteiger partial charge >= 0.3 is 0 Å². The van der Waals surface area contributed by atoms with Gasteiger partial charge in [0, 0.05) is 32.5 Å². The van der Waals surface area contributed by atoms with E-state index in [9.17, 15) is 18.4 Å². The minimum absolute atomic E-state index is 0.00621. The molecule has 1 aromatic rings. The number of rotatable bonds is 7. The number of anilines is 1. The van der Waals surface area contributed by atoms with Gasteiger partial charge in [-0.05, 0) is 18.6 Å². The van der Waals surface area contributed by atoms with Crippen molar-refractivity contribution in [2.75, 3.05) is 18.0 Å². The van der Waals surface area contributed by atoms with E-state index in [-0.39, 0.29) is 30.6 Å². The topological polar surface area (TPSA) is 49.4 Å². The fraction of sp³-hybridized carbons (Fsp3) is 0.467. The summed E-state index contributed by atoms with van der Waals surface area (Å²) in [6, 6.07) is 3.03. The molecule has 0 bridgehead atoms. The van der Waals surface area contributed by atoms with E-state index in [0.717, 1.165) is 25.0 Å². The average molecular weight is 298 g/mol. The molecule has 21 heavy (non-hydrogen) atoms. The van der Waals surface area contributed by atoms with Gasteiger partial charge in [-0.15, -0.1) is 0 Å². The maximum Gasteiger partial charge on any atom is 0.224 e. The molecule has 0 aromatic heterocycles. The van der Waals surface area contributed by atoms with Gasteiger partial charge in [-0.2, -0.15) is 0 Å². The van der Waals surface area contributed by atoms with Crippen LogP contribution in [-0.4, -0.2) is 24.9 Å². The summed E-state index contributed by atoms with van der Waals surface area (Å²) < 4.78 is 26.6. The maximum atomic E-state index is 13.7. The fourth-order valence-electron chi connectivity index (χ4n) is 1.88. The SMILES string of the molecule is CCCCC(=O)NCCN(C(C)=O)c1ccc(F)cc1F. The number of hydrogen-bond acceptors (Lipinski definition) is 2. The van der Waals surface area contributed by atoms with Crippen molar-refractivity contribution >= 4 is 17.5 Å². The Kier molecular flexibility index (Phi) is 6.78. The lowest BCUT2D eigenvalue weighted by Crippen LogP contribution is -2.38. The Morgan fingerprint density at radius 2 is 2.00 bits per heavy atom. The number of amides is 2. The molecule has 0 spiro atoms. The molecular formula is C15H20F2N2O2. The smallest absolute Gasteiger partial charge is 0.224 e. The predicted molar refractivity (Wildman–Crippen MR) is 76.9 cm³/mol. The Balaban J connectivity index is 2.62. The second kappa shape index (κ2) is 8.34. The molecule has 2 amide bonds. The Hall–Kier alpha value is -1.98. The van der Waals surface area contributed by atoms with Crippen LogP contribution in [0, 0.1) is 11.6 Å². The lowest BCUT2D eigenvalue weighted by Gasteiger charge is -2.22. The van der Waals surface area contributed by atoms with Gasteiger partial charge < -0.3 is 10.2 Å². The van der Waals surface area contributed by atoms with Crippen molar-refractivity contribution in [2.45, 2.75) is 33.1 Å². The van der Waals surface area contributed by atoms with E-state index in [1.165, 1.54) is 17.9 Å². The van der Waals surface area contributed by atoms with Crippen LogP contribution < -0.4 is 10.2 Å². The molecular weight excluding hydrogens is 278 g/mol. The normalized spacial score (nSPS) is 10.3. The Bertz CT molecular complexity index is 506. The van der Waals surface area contributed by atoms with Crippen LogP contribution in [0.2, 0.25) is 0 Å². The first kappa shape index (κ1) is 17.1. The molecule has 1 aromatic carbocycles. The molecule has 0 saturated carbocycles. The number of unbranched alkanes of at least 4 members (excludes halogenated alkanes) is 1. The minimum Gasteiger partial charge on any atom is -0.354 e. The van der Waals surface area contributed by atoms with Crippen molar-refractivity contribution in [3.8, 4) is 0 Å². The third kappa shape index (κ3) is 5.49. The highest BCUT2D eigenvalue weighted by molar-refractivity contribution is 5.91. The highest BCUT2D eigenvalue weighted by Gasteiger charge is 2.16. The van der Waals surface area contributed by atoms with Gasteiger partial charge in [-0.3, -0.25) is 9.59 Å². The lowest BCUT2D eigenvalue weighted by atomic mass is 10.2. The molecule has 0 aliphatic carbocycles. The van der Waals surface area contributed by atoms with E-state index in [1.54, 1.807) is 0 Å². The number of nitrogens with zero attached hydrogens (tertiary/aromatic N) is 1. The quantitative estimate of drug-likeness (QED) is 0.841. The third-order valence-electron chi connectivity index (χ3n) is 3.00. The summed E-state index contributed by atoms with van der Waals surface area (Å²) in [7, 11) is 0. The van der Waals surface area contributed by atoms with E-state index < -0.39 is 11.6 Å². The summed E-state index contributed by atoms with van der Waals surface area (Å²) in [4.78, 5) is 24.2. The van der Waals surface area contributed by atoms with Crippen molar-refractivity contribution in [1.82, 2.24) is 5.32 Å². The summed E-state index contributed by atoms with van der Waals surface area (Å²) in [5.74, 6) is -1.97. The average Bonchev–Trinajstić information content (AvgIpc) is 2.42. The molecule has 1 rings (SSSR count). The van der Waals surface area contributed by atoms with Gasteiger partial charge in [0.05, 0.1) is 5.69 Å². The summed E-state index contributed by atoms with van der Waals surface area (Å²) >= 11 is 0. The molecule has 0 fully saturated rings. The minimum atomic E-state index is -0.803. The van der Waals surface area contributed by atoms with Gasteiger partial charge in [0.1, 0.15) is 11.6 Å². The first-order valence-corrected chi connectivity index (χ1v) is 6.95. The number of benzene rings is 1. The molecule has 0 saturated heterocycles. The van der Waals surface area contributed by atoms with E-state index in [0.29, 0.717) is 6.42 Å². The maximum absolute atomic E-state index is 13.7. The second-order valence-corrected chi connectivity index (χ2v) is 4.72. The molecule has 0 radical (unpaired) electrons. The zero-order valence-corrected chi connectivity index (χ0v) is 12.3. The Morgan fingerprint density at radius 3 is 2.57 bits per heavy atom.